The highest BCUT2D eigenvalue weighted by molar-refractivity contribution is 5.70. The van der Waals surface area contributed by atoms with E-state index in [2.05, 4.69) is 15.0 Å². The van der Waals surface area contributed by atoms with Crippen LogP contribution in [0.5, 0.6) is 0 Å². The first kappa shape index (κ1) is 13.0. The molecule has 0 aliphatic carbocycles. The van der Waals surface area contributed by atoms with Crippen LogP contribution in [-0.2, 0) is 14.2 Å². The maximum atomic E-state index is 11.7. The van der Waals surface area contributed by atoms with Crippen LogP contribution in [-0.4, -0.2) is 46.1 Å². The van der Waals surface area contributed by atoms with Crippen LogP contribution < -0.4 is 11.3 Å². The number of nitrogens with zero attached hydrogens (tertiary/aromatic N) is 3. The number of nitrogens with two attached hydrogens (primary N) is 1. The normalized spacial score (nSPS) is 26.4. The smallest absolute Gasteiger partial charge is 0.280 e. The fraction of sp³-hybridized carbons (Fsp3) is 0.545. The molecule has 3 N–H and O–H groups in total. The van der Waals surface area contributed by atoms with Gasteiger partial charge in [0.25, 0.3) is 5.56 Å². The average Bonchev–Trinajstić information content (AvgIpc) is 3.01. The first-order valence-corrected chi connectivity index (χ1v) is 6.07. The molecule has 20 heavy (non-hydrogen) atoms. The third-order valence-electron chi connectivity index (χ3n) is 3.32. The van der Waals surface area contributed by atoms with Crippen LogP contribution in [0, 0.1) is 0 Å². The van der Waals surface area contributed by atoms with Gasteiger partial charge in [0.2, 0.25) is 5.95 Å². The van der Waals surface area contributed by atoms with Gasteiger partial charge in [-0.25, -0.2) is 4.98 Å². The standard InChI is InChI=1S/C11H15N5O4/c1-18-5-3-6(20-10(5)19-2)16-4-13-7-8(16)14-11(12)15-9(7)17/h4-6,10H,3H2,1-2H3,(H3,12,14,15,17)/t5?,6-,10+/m1/s1. The molecule has 1 unspecified atom stereocenters. The van der Waals surface area contributed by atoms with Gasteiger partial charge in [-0.2, -0.15) is 4.98 Å². The molecular weight excluding hydrogens is 266 g/mol. The summed E-state index contributed by atoms with van der Waals surface area (Å²) in [4.78, 5) is 22.3. The number of hydrogen-bond acceptors (Lipinski definition) is 7. The van der Waals surface area contributed by atoms with Crippen molar-refractivity contribution < 1.29 is 14.2 Å². The summed E-state index contributed by atoms with van der Waals surface area (Å²) in [5, 5.41) is 0. The lowest BCUT2D eigenvalue weighted by atomic mass is 10.2. The SMILES string of the molecule is COC1C[C@H](n2cnc3c(=O)[nH]c(N)nc32)O[C@@H]1OC. The molecule has 0 bridgehead atoms. The predicted molar refractivity (Wildman–Crippen MR) is 68.9 cm³/mol. The molecule has 0 aromatic carbocycles. The number of hydrogen-bond donors (Lipinski definition) is 2. The maximum absolute atomic E-state index is 11.7. The predicted octanol–water partition coefficient (Wildman–Crippen LogP) is -0.392. The number of ether oxygens (including phenoxy) is 3. The maximum Gasteiger partial charge on any atom is 0.280 e. The molecule has 3 atom stereocenters. The van der Waals surface area contributed by atoms with E-state index in [1.54, 1.807) is 18.8 Å². The molecule has 1 fully saturated rings. The summed E-state index contributed by atoms with van der Waals surface area (Å²) in [7, 11) is 3.14. The van der Waals surface area contributed by atoms with Crippen LogP contribution in [0.3, 0.4) is 0 Å². The van der Waals surface area contributed by atoms with Crippen LogP contribution in [0.15, 0.2) is 11.1 Å². The Hall–Kier alpha value is -1.97. The fourth-order valence-corrected chi connectivity index (χ4v) is 2.36. The number of methoxy groups -OCH3 is 2. The van der Waals surface area contributed by atoms with Crippen molar-refractivity contribution in [2.45, 2.75) is 25.0 Å². The van der Waals surface area contributed by atoms with Gasteiger partial charge in [-0.15, -0.1) is 0 Å². The molecule has 3 rings (SSSR count). The Balaban J connectivity index is 2.01. The minimum atomic E-state index is -0.471. The van der Waals surface area contributed by atoms with Crippen molar-refractivity contribution in [3.05, 3.63) is 16.7 Å². The average molecular weight is 281 g/mol. The lowest BCUT2D eigenvalue weighted by Crippen LogP contribution is -2.24. The van der Waals surface area contributed by atoms with Gasteiger partial charge in [0.1, 0.15) is 12.3 Å². The van der Waals surface area contributed by atoms with E-state index in [4.69, 9.17) is 19.9 Å². The second-order valence-corrected chi connectivity index (χ2v) is 4.48. The lowest BCUT2D eigenvalue weighted by molar-refractivity contribution is -0.165. The largest absolute Gasteiger partial charge is 0.376 e. The minimum Gasteiger partial charge on any atom is -0.376 e. The highest BCUT2D eigenvalue weighted by Crippen LogP contribution is 2.32. The zero-order valence-electron chi connectivity index (χ0n) is 11.1. The van der Waals surface area contributed by atoms with Crippen molar-refractivity contribution in [2.75, 3.05) is 20.0 Å². The van der Waals surface area contributed by atoms with Gasteiger partial charge in [-0.1, -0.05) is 0 Å². The summed E-state index contributed by atoms with van der Waals surface area (Å²) in [6.45, 7) is 0. The topological polar surface area (TPSA) is 117 Å². The summed E-state index contributed by atoms with van der Waals surface area (Å²) in [6, 6.07) is 0. The van der Waals surface area contributed by atoms with E-state index >= 15 is 0 Å². The number of aromatic amines is 1. The van der Waals surface area contributed by atoms with Crippen molar-refractivity contribution >= 4 is 17.1 Å². The van der Waals surface area contributed by atoms with Gasteiger partial charge >= 0.3 is 0 Å². The van der Waals surface area contributed by atoms with E-state index in [0.29, 0.717) is 12.1 Å². The number of nitrogen functional groups attached to an aromatic ring is 1. The van der Waals surface area contributed by atoms with Gasteiger partial charge in [-0.05, 0) is 0 Å². The van der Waals surface area contributed by atoms with E-state index in [1.807, 2.05) is 0 Å². The Bertz CT molecular complexity index is 669. The molecule has 3 heterocycles. The quantitative estimate of drug-likeness (QED) is 0.786. The molecule has 9 nitrogen and oxygen atoms in total. The molecule has 0 spiro atoms. The number of anilines is 1. The van der Waals surface area contributed by atoms with Crippen LogP contribution >= 0.6 is 0 Å². The number of aromatic nitrogens is 4. The number of fused-ring (bicyclic) bond motifs is 1. The molecule has 1 aliphatic heterocycles. The summed E-state index contributed by atoms with van der Waals surface area (Å²) in [5.74, 6) is 0.0360. The molecule has 108 valence electrons. The second-order valence-electron chi connectivity index (χ2n) is 4.48. The van der Waals surface area contributed by atoms with Gasteiger partial charge in [0.05, 0.1) is 6.33 Å². The van der Waals surface area contributed by atoms with E-state index in [0.717, 1.165) is 0 Å². The molecule has 0 amide bonds. The van der Waals surface area contributed by atoms with Crippen molar-refractivity contribution in [1.29, 1.82) is 0 Å². The molecular formula is C11H15N5O4. The van der Waals surface area contributed by atoms with Crippen LogP contribution in [0.4, 0.5) is 5.95 Å². The lowest BCUT2D eigenvalue weighted by Gasteiger charge is -2.14. The number of nitrogens with one attached hydrogen (secondary N) is 1. The third-order valence-corrected chi connectivity index (χ3v) is 3.32. The number of imidazole rings is 1. The van der Waals surface area contributed by atoms with E-state index in [9.17, 15) is 4.79 Å². The van der Waals surface area contributed by atoms with Crippen LogP contribution in [0.25, 0.3) is 11.2 Å². The Morgan fingerprint density at radius 3 is 2.95 bits per heavy atom. The molecule has 2 aromatic heterocycles. The summed E-state index contributed by atoms with van der Waals surface area (Å²) in [6.07, 6.45) is 1.03. The molecule has 1 aliphatic rings. The van der Waals surface area contributed by atoms with Crippen LogP contribution in [0.1, 0.15) is 12.6 Å². The molecule has 0 saturated carbocycles. The van der Waals surface area contributed by atoms with E-state index < -0.39 is 6.29 Å². The number of H-pyrrole nitrogens is 1. The molecule has 0 radical (unpaired) electrons. The Morgan fingerprint density at radius 2 is 2.30 bits per heavy atom. The Labute approximate surface area is 113 Å². The van der Waals surface area contributed by atoms with Gasteiger partial charge in [0.15, 0.2) is 17.5 Å². The van der Waals surface area contributed by atoms with Gasteiger partial charge in [-0.3, -0.25) is 14.3 Å². The molecule has 2 aromatic rings. The van der Waals surface area contributed by atoms with Crippen molar-refractivity contribution in [2.24, 2.45) is 0 Å². The third kappa shape index (κ3) is 1.96. The molecule has 1 saturated heterocycles. The minimum absolute atomic E-state index is 0.0360. The summed E-state index contributed by atoms with van der Waals surface area (Å²) >= 11 is 0. The first-order valence-electron chi connectivity index (χ1n) is 6.07. The van der Waals surface area contributed by atoms with E-state index in [1.165, 1.54) is 6.33 Å². The van der Waals surface area contributed by atoms with Crippen LogP contribution in [0.2, 0.25) is 0 Å². The summed E-state index contributed by atoms with van der Waals surface area (Å²) < 4.78 is 17.9. The van der Waals surface area contributed by atoms with Crippen molar-refractivity contribution in [1.82, 2.24) is 19.5 Å². The zero-order chi connectivity index (χ0) is 14.3. The highest BCUT2D eigenvalue weighted by atomic mass is 16.7. The number of rotatable bonds is 3. The zero-order valence-corrected chi connectivity index (χ0v) is 11.1. The fourth-order valence-electron chi connectivity index (χ4n) is 2.36. The second kappa shape index (κ2) is 4.85. The monoisotopic (exact) mass is 281 g/mol. The summed E-state index contributed by atoms with van der Waals surface area (Å²) in [5.41, 5.74) is 5.78. The van der Waals surface area contributed by atoms with Crippen molar-refractivity contribution in [3.63, 3.8) is 0 Å². The van der Waals surface area contributed by atoms with Crippen molar-refractivity contribution in [3.8, 4) is 0 Å². The molecule has 9 heteroatoms. The van der Waals surface area contributed by atoms with Gasteiger partial charge < -0.3 is 19.9 Å². The Morgan fingerprint density at radius 1 is 1.50 bits per heavy atom. The first-order chi connectivity index (χ1) is 9.63. The van der Waals surface area contributed by atoms with E-state index in [-0.39, 0.29) is 29.4 Å². The van der Waals surface area contributed by atoms with Gasteiger partial charge in [0, 0.05) is 20.6 Å². The Kier molecular flexibility index (Phi) is 3.16. The highest BCUT2D eigenvalue weighted by Gasteiger charge is 2.37.